The van der Waals surface area contributed by atoms with Crippen LogP contribution in [0.25, 0.3) is 0 Å². The maximum atomic E-state index is 13.0. The molecule has 1 saturated heterocycles. The molecule has 0 atom stereocenters. The molecule has 33 heavy (non-hydrogen) atoms. The number of carbonyl (C=O) groups is 2. The van der Waals surface area contributed by atoms with E-state index in [0.717, 1.165) is 5.56 Å². The Bertz CT molecular complexity index is 1120. The number of benzene rings is 2. The molecule has 3 aromatic rings. The summed E-state index contributed by atoms with van der Waals surface area (Å²) in [6.45, 7) is 6.88. The van der Waals surface area contributed by atoms with E-state index in [0.29, 0.717) is 55.7 Å². The average molecular weight is 449 g/mol. The maximum Gasteiger partial charge on any atom is 0.254 e. The van der Waals surface area contributed by atoms with Gasteiger partial charge in [-0.25, -0.2) is 0 Å². The van der Waals surface area contributed by atoms with Crippen molar-refractivity contribution < 1.29 is 18.8 Å². The summed E-state index contributed by atoms with van der Waals surface area (Å²) in [4.78, 5) is 29.1. The van der Waals surface area contributed by atoms with Gasteiger partial charge in [0.2, 0.25) is 5.91 Å². The average Bonchev–Trinajstić information content (AvgIpc) is 3.22. The summed E-state index contributed by atoms with van der Waals surface area (Å²) < 4.78 is 10.9. The van der Waals surface area contributed by atoms with E-state index in [1.165, 1.54) is 5.56 Å². The zero-order valence-corrected chi connectivity index (χ0v) is 18.9. The highest BCUT2D eigenvalue weighted by Crippen LogP contribution is 2.18. The highest BCUT2D eigenvalue weighted by Gasteiger charge is 2.24. The van der Waals surface area contributed by atoms with Gasteiger partial charge in [-0.2, -0.15) is 0 Å². The Balaban J connectivity index is 1.26. The molecule has 0 saturated carbocycles. The molecule has 1 aliphatic heterocycles. The second-order valence-corrected chi connectivity index (χ2v) is 8.24. The SMILES string of the molecule is Cc1cccc(COc2cccc(C(=O)N3CCN(CC(=O)Nc4cc(C)on4)CC3)c2)c1. The Hall–Kier alpha value is -3.65. The lowest BCUT2D eigenvalue weighted by molar-refractivity contribution is -0.117. The van der Waals surface area contributed by atoms with Crippen LogP contribution in [0.15, 0.2) is 59.1 Å². The summed E-state index contributed by atoms with van der Waals surface area (Å²) in [6, 6.07) is 17.1. The summed E-state index contributed by atoms with van der Waals surface area (Å²) in [5.74, 6) is 1.54. The van der Waals surface area contributed by atoms with Gasteiger partial charge in [0.1, 0.15) is 18.1 Å². The van der Waals surface area contributed by atoms with Crippen LogP contribution in [0.3, 0.4) is 0 Å². The molecule has 8 nitrogen and oxygen atoms in total. The molecule has 2 heterocycles. The zero-order valence-electron chi connectivity index (χ0n) is 18.9. The van der Waals surface area contributed by atoms with Gasteiger partial charge in [-0.1, -0.05) is 41.1 Å². The summed E-state index contributed by atoms with van der Waals surface area (Å²) >= 11 is 0. The van der Waals surface area contributed by atoms with Crippen LogP contribution >= 0.6 is 0 Å². The molecule has 172 valence electrons. The molecule has 0 unspecified atom stereocenters. The molecule has 0 radical (unpaired) electrons. The first-order valence-electron chi connectivity index (χ1n) is 11.0. The number of aromatic nitrogens is 1. The Morgan fingerprint density at radius 2 is 1.82 bits per heavy atom. The second-order valence-electron chi connectivity index (χ2n) is 8.24. The number of hydrogen-bond donors (Lipinski definition) is 1. The third kappa shape index (κ3) is 6.20. The fourth-order valence-corrected chi connectivity index (χ4v) is 3.79. The van der Waals surface area contributed by atoms with Crippen molar-refractivity contribution in [2.24, 2.45) is 0 Å². The number of ether oxygens (including phenoxy) is 1. The fraction of sp³-hybridized carbons (Fsp3) is 0.320. The first-order chi connectivity index (χ1) is 16.0. The zero-order chi connectivity index (χ0) is 23.2. The number of rotatable bonds is 7. The number of piperazine rings is 1. The van der Waals surface area contributed by atoms with Crippen molar-refractivity contribution in [3.05, 3.63) is 77.0 Å². The van der Waals surface area contributed by atoms with Crippen molar-refractivity contribution >= 4 is 17.6 Å². The third-order valence-corrected chi connectivity index (χ3v) is 5.49. The molecule has 8 heteroatoms. The van der Waals surface area contributed by atoms with E-state index >= 15 is 0 Å². The van der Waals surface area contributed by atoms with Gasteiger partial charge in [-0.05, 0) is 37.6 Å². The first-order valence-corrected chi connectivity index (χ1v) is 11.0. The lowest BCUT2D eigenvalue weighted by Crippen LogP contribution is -2.50. The molecular weight excluding hydrogens is 420 g/mol. The lowest BCUT2D eigenvalue weighted by Gasteiger charge is -2.34. The quantitative estimate of drug-likeness (QED) is 0.597. The predicted octanol–water partition coefficient (Wildman–Crippen LogP) is 3.27. The van der Waals surface area contributed by atoms with Gasteiger partial charge in [0, 0.05) is 37.8 Å². The van der Waals surface area contributed by atoms with E-state index in [4.69, 9.17) is 9.26 Å². The van der Waals surface area contributed by atoms with Crippen molar-refractivity contribution in [1.82, 2.24) is 15.0 Å². The molecular formula is C25H28N4O4. The van der Waals surface area contributed by atoms with Crippen LogP contribution in [0.2, 0.25) is 0 Å². The van der Waals surface area contributed by atoms with Gasteiger partial charge >= 0.3 is 0 Å². The van der Waals surface area contributed by atoms with Crippen LogP contribution < -0.4 is 10.1 Å². The Morgan fingerprint density at radius 1 is 1.03 bits per heavy atom. The third-order valence-electron chi connectivity index (χ3n) is 5.49. The Labute approximate surface area is 193 Å². The molecule has 2 aromatic carbocycles. The number of hydrogen-bond acceptors (Lipinski definition) is 6. The molecule has 1 aromatic heterocycles. The summed E-state index contributed by atoms with van der Waals surface area (Å²) in [5.41, 5.74) is 2.87. The topological polar surface area (TPSA) is 87.9 Å². The first kappa shape index (κ1) is 22.5. The molecule has 2 amide bonds. The largest absolute Gasteiger partial charge is 0.489 e. The van der Waals surface area contributed by atoms with Gasteiger partial charge < -0.3 is 19.5 Å². The van der Waals surface area contributed by atoms with Crippen LogP contribution in [0.1, 0.15) is 27.2 Å². The van der Waals surface area contributed by atoms with Gasteiger partial charge in [-0.3, -0.25) is 14.5 Å². The van der Waals surface area contributed by atoms with E-state index in [2.05, 4.69) is 16.5 Å². The van der Waals surface area contributed by atoms with E-state index in [1.54, 1.807) is 19.1 Å². The highest BCUT2D eigenvalue weighted by atomic mass is 16.5. The normalized spacial score (nSPS) is 14.2. The predicted molar refractivity (Wildman–Crippen MR) is 124 cm³/mol. The van der Waals surface area contributed by atoms with Gasteiger partial charge in [-0.15, -0.1) is 0 Å². The molecule has 1 N–H and O–H groups in total. The van der Waals surface area contributed by atoms with Crippen LogP contribution in [-0.4, -0.2) is 59.5 Å². The second kappa shape index (κ2) is 10.3. The molecule has 0 spiro atoms. The minimum Gasteiger partial charge on any atom is -0.489 e. The lowest BCUT2D eigenvalue weighted by atomic mass is 10.1. The van der Waals surface area contributed by atoms with Gasteiger partial charge in [0.25, 0.3) is 5.91 Å². The minimum atomic E-state index is -0.151. The van der Waals surface area contributed by atoms with Crippen molar-refractivity contribution in [1.29, 1.82) is 0 Å². The standard InChI is InChI=1S/C25H28N4O4/c1-18-5-3-6-20(13-18)17-32-22-8-4-7-21(15-22)25(31)29-11-9-28(10-12-29)16-24(30)26-23-14-19(2)33-27-23/h3-8,13-15H,9-12,16-17H2,1-2H3,(H,26,27,30). The van der Waals surface area contributed by atoms with Crippen LogP contribution in [-0.2, 0) is 11.4 Å². The van der Waals surface area contributed by atoms with Crippen molar-refractivity contribution in [3.63, 3.8) is 0 Å². The van der Waals surface area contributed by atoms with E-state index < -0.39 is 0 Å². The van der Waals surface area contributed by atoms with Crippen LogP contribution in [0.5, 0.6) is 5.75 Å². The van der Waals surface area contributed by atoms with Gasteiger partial charge in [0.15, 0.2) is 5.82 Å². The fourth-order valence-electron chi connectivity index (χ4n) is 3.79. The molecule has 4 rings (SSSR count). The Kier molecular flexibility index (Phi) is 7.04. The van der Waals surface area contributed by atoms with Crippen molar-refractivity contribution in [2.45, 2.75) is 20.5 Å². The van der Waals surface area contributed by atoms with E-state index in [1.807, 2.05) is 53.1 Å². The number of nitrogens with one attached hydrogen (secondary N) is 1. The monoisotopic (exact) mass is 448 g/mol. The Morgan fingerprint density at radius 3 is 2.55 bits per heavy atom. The van der Waals surface area contributed by atoms with Gasteiger partial charge in [0.05, 0.1) is 6.54 Å². The number of nitrogens with zero attached hydrogens (tertiary/aromatic N) is 3. The molecule has 1 aliphatic rings. The van der Waals surface area contributed by atoms with Crippen molar-refractivity contribution in [2.75, 3.05) is 38.0 Å². The van der Waals surface area contributed by atoms with E-state index in [9.17, 15) is 9.59 Å². The number of aryl methyl sites for hydroxylation is 2. The number of carbonyl (C=O) groups excluding carboxylic acids is 2. The van der Waals surface area contributed by atoms with Crippen LogP contribution in [0, 0.1) is 13.8 Å². The molecule has 0 bridgehead atoms. The summed E-state index contributed by atoms with van der Waals surface area (Å²) in [6.07, 6.45) is 0. The summed E-state index contributed by atoms with van der Waals surface area (Å²) in [5, 5.41) is 6.49. The summed E-state index contributed by atoms with van der Waals surface area (Å²) in [7, 11) is 0. The van der Waals surface area contributed by atoms with Crippen LogP contribution in [0.4, 0.5) is 5.82 Å². The molecule has 1 fully saturated rings. The maximum absolute atomic E-state index is 13.0. The minimum absolute atomic E-state index is 0.0295. The van der Waals surface area contributed by atoms with Crippen molar-refractivity contribution in [3.8, 4) is 5.75 Å². The number of anilines is 1. The number of amides is 2. The smallest absolute Gasteiger partial charge is 0.254 e. The highest BCUT2D eigenvalue weighted by molar-refractivity contribution is 5.95. The molecule has 0 aliphatic carbocycles. The van der Waals surface area contributed by atoms with E-state index in [-0.39, 0.29) is 18.4 Å².